The third-order valence-corrected chi connectivity index (χ3v) is 2.05. The van der Waals surface area contributed by atoms with Crippen molar-refractivity contribution in [2.75, 3.05) is 18.0 Å². The maximum absolute atomic E-state index is 12.9. The minimum absolute atomic E-state index is 0.340. The Morgan fingerprint density at radius 1 is 1.75 bits per heavy atom. The lowest BCUT2D eigenvalue weighted by Crippen LogP contribution is -2.22. The van der Waals surface area contributed by atoms with Crippen LogP contribution in [0.2, 0.25) is 0 Å². The van der Waals surface area contributed by atoms with E-state index in [0.29, 0.717) is 25.3 Å². The van der Waals surface area contributed by atoms with Crippen LogP contribution in [0.5, 0.6) is 0 Å². The summed E-state index contributed by atoms with van der Waals surface area (Å²) in [6, 6.07) is 0. The summed E-state index contributed by atoms with van der Waals surface area (Å²) in [5.41, 5.74) is 0. The Morgan fingerprint density at radius 3 is 3.08 bits per heavy atom. The molecule has 66 valence electrons. The summed E-state index contributed by atoms with van der Waals surface area (Å²) in [5, 5.41) is 15.3. The predicted octanol–water partition coefficient (Wildman–Crippen LogP) is 0.120. The molecule has 4 nitrogen and oxygen atoms in total. The van der Waals surface area contributed by atoms with Crippen molar-refractivity contribution in [3.8, 4) is 0 Å². The van der Waals surface area contributed by atoms with Gasteiger partial charge in [-0.15, -0.1) is 0 Å². The first-order chi connectivity index (χ1) is 5.77. The van der Waals surface area contributed by atoms with Crippen molar-refractivity contribution in [1.29, 1.82) is 0 Å². The van der Waals surface area contributed by atoms with Gasteiger partial charge in [-0.05, 0) is 6.42 Å². The van der Waals surface area contributed by atoms with E-state index in [0.717, 1.165) is 6.20 Å². The molecule has 1 aliphatic heterocycles. The van der Waals surface area contributed by atoms with Gasteiger partial charge in [0.25, 0.3) is 0 Å². The monoisotopic (exact) mass is 171 g/mol. The molecule has 1 saturated heterocycles. The van der Waals surface area contributed by atoms with Gasteiger partial charge in [0.15, 0.2) is 11.6 Å². The average Bonchev–Trinajstić information content (AvgIpc) is 2.58. The molecular weight excluding hydrogens is 161 g/mol. The van der Waals surface area contributed by atoms with Crippen LogP contribution in [-0.4, -0.2) is 34.5 Å². The zero-order valence-corrected chi connectivity index (χ0v) is 6.50. The number of aliphatic hydroxyl groups excluding tert-OH is 1. The Bertz CT molecular complexity index is 275. The summed E-state index contributed by atoms with van der Waals surface area (Å²) in [7, 11) is 0. The number of hydrogen-bond acceptors (Lipinski definition) is 3. The number of hydrogen-bond donors (Lipinski definition) is 2. The number of rotatable bonds is 1. The van der Waals surface area contributed by atoms with Crippen LogP contribution in [-0.2, 0) is 0 Å². The van der Waals surface area contributed by atoms with Gasteiger partial charge in [0.2, 0.25) is 0 Å². The largest absolute Gasteiger partial charge is 0.391 e. The van der Waals surface area contributed by atoms with Crippen LogP contribution in [0.15, 0.2) is 6.20 Å². The lowest BCUT2D eigenvalue weighted by atomic mass is 10.3. The number of nitrogens with one attached hydrogen (secondary N) is 1. The number of H-pyrrole nitrogens is 1. The Kier molecular flexibility index (Phi) is 1.73. The van der Waals surface area contributed by atoms with Gasteiger partial charge >= 0.3 is 0 Å². The van der Waals surface area contributed by atoms with Crippen LogP contribution < -0.4 is 4.90 Å². The lowest BCUT2D eigenvalue weighted by Gasteiger charge is -2.14. The SMILES string of the molecule is O[C@@H]1CCN(c2[nH]ncc2F)C1. The third kappa shape index (κ3) is 1.16. The highest BCUT2D eigenvalue weighted by molar-refractivity contribution is 5.39. The molecule has 5 heteroatoms. The second-order valence-electron chi connectivity index (χ2n) is 2.96. The molecule has 2 rings (SSSR count). The molecule has 1 fully saturated rings. The molecule has 0 aromatic carbocycles. The van der Waals surface area contributed by atoms with E-state index in [2.05, 4.69) is 10.2 Å². The van der Waals surface area contributed by atoms with Crippen LogP contribution in [0.25, 0.3) is 0 Å². The number of anilines is 1. The number of aromatic nitrogens is 2. The van der Waals surface area contributed by atoms with Crippen LogP contribution in [0, 0.1) is 5.82 Å². The lowest BCUT2D eigenvalue weighted by molar-refractivity contribution is 0.198. The first kappa shape index (κ1) is 7.54. The Hall–Kier alpha value is -1.10. The normalized spacial score (nSPS) is 23.5. The topological polar surface area (TPSA) is 52.1 Å². The zero-order valence-electron chi connectivity index (χ0n) is 6.50. The predicted molar refractivity (Wildman–Crippen MR) is 41.4 cm³/mol. The fourth-order valence-electron chi connectivity index (χ4n) is 1.43. The van der Waals surface area contributed by atoms with E-state index in [1.165, 1.54) is 0 Å². The van der Waals surface area contributed by atoms with Gasteiger partial charge in [-0.2, -0.15) is 5.10 Å². The second kappa shape index (κ2) is 2.75. The number of nitrogens with zero attached hydrogens (tertiary/aromatic N) is 2. The van der Waals surface area contributed by atoms with Gasteiger partial charge in [0.1, 0.15) is 0 Å². The first-order valence-electron chi connectivity index (χ1n) is 3.89. The number of halogens is 1. The van der Waals surface area contributed by atoms with Crippen molar-refractivity contribution in [3.05, 3.63) is 12.0 Å². The molecule has 0 amide bonds. The van der Waals surface area contributed by atoms with Gasteiger partial charge in [-0.3, -0.25) is 5.10 Å². The summed E-state index contributed by atoms with van der Waals surface area (Å²) in [5.74, 6) is 0.0238. The van der Waals surface area contributed by atoms with E-state index in [1.54, 1.807) is 4.90 Å². The molecule has 0 bridgehead atoms. The minimum Gasteiger partial charge on any atom is -0.391 e. The van der Waals surface area contributed by atoms with Crippen molar-refractivity contribution in [2.24, 2.45) is 0 Å². The second-order valence-corrected chi connectivity index (χ2v) is 2.96. The molecular formula is C7H10FN3O. The number of aliphatic hydroxyl groups is 1. The van der Waals surface area contributed by atoms with Gasteiger partial charge in [0, 0.05) is 13.1 Å². The van der Waals surface area contributed by atoms with Crippen LogP contribution >= 0.6 is 0 Å². The first-order valence-corrected chi connectivity index (χ1v) is 3.89. The van der Waals surface area contributed by atoms with Gasteiger partial charge in [-0.1, -0.05) is 0 Å². The summed E-state index contributed by atoms with van der Waals surface area (Å²) in [4.78, 5) is 1.76. The fourth-order valence-corrected chi connectivity index (χ4v) is 1.43. The van der Waals surface area contributed by atoms with E-state index < -0.39 is 0 Å². The molecule has 0 unspecified atom stereocenters. The molecule has 0 saturated carbocycles. The van der Waals surface area contributed by atoms with E-state index >= 15 is 0 Å². The summed E-state index contributed by atoms with van der Waals surface area (Å²) in [6.45, 7) is 1.17. The number of β-amino-alcohol motifs (C(OH)–C–C–N with tert-alkyl or cyclic N) is 1. The summed E-state index contributed by atoms with van der Waals surface area (Å²) >= 11 is 0. The van der Waals surface area contributed by atoms with Crippen molar-refractivity contribution in [2.45, 2.75) is 12.5 Å². The van der Waals surface area contributed by atoms with E-state index in [1.807, 2.05) is 0 Å². The molecule has 2 N–H and O–H groups in total. The van der Waals surface area contributed by atoms with Gasteiger partial charge < -0.3 is 10.0 Å². The minimum atomic E-state index is -0.357. The molecule has 0 aliphatic carbocycles. The van der Waals surface area contributed by atoms with Gasteiger partial charge in [0.05, 0.1) is 12.3 Å². The average molecular weight is 171 g/mol. The fraction of sp³-hybridized carbons (Fsp3) is 0.571. The summed E-state index contributed by atoms with van der Waals surface area (Å²) in [6.07, 6.45) is 1.49. The molecule has 2 heterocycles. The highest BCUT2D eigenvalue weighted by atomic mass is 19.1. The smallest absolute Gasteiger partial charge is 0.185 e. The summed E-state index contributed by atoms with van der Waals surface area (Å²) < 4.78 is 12.9. The molecule has 1 aliphatic rings. The number of aromatic amines is 1. The highest BCUT2D eigenvalue weighted by Crippen LogP contribution is 2.20. The molecule has 0 radical (unpaired) electrons. The quantitative estimate of drug-likeness (QED) is 0.631. The Labute approximate surface area is 69.0 Å². The molecule has 1 aromatic rings. The van der Waals surface area contributed by atoms with Crippen molar-refractivity contribution in [1.82, 2.24) is 10.2 Å². The highest BCUT2D eigenvalue weighted by Gasteiger charge is 2.23. The van der Waals surface area contributed by atoms with E-state index in [-0.39, 0.29) is 11.9 Å². The van der Waals surface area contributed by atoms with Crippen LogP contribution in [0.1, 0.15) is 6.42 Å². The molecule has 0 spiro atoms. The maximum atomic E-state index is 12.9. The Balaban J connectivity index is 2.16. The molecule has 1 aromatic heterocycles. The van der Waals surface area contributed by atoms with E-state index in [4.69, 9.17) is 0 Å². The maximum Gasteiger partial charge on any atom is 0.185 e. The zero-order chi connectivity index (χ0) is 8.55. The third-order valence-electron chi connectivity index (χ3n) is 2.05. The Morgan fingerprint density at radius 2 is 2.58 bits per heavy atom. The van der Waals surface area contributed by atoms with Crippen molar-refractivity contribution < 1.29 is 9.50 Å². The van der Waals surface area contributed by atoms with Gasteiger partial charge in [-0.25, -0.2) is 4.39 Å². The van der Waals surface area contributed by atoms with E-state index in [9.17, 15) is 9.50 Å². The molecule has 1 atom stereocenters. The van der Waals surface area contributed by atoms with Crippen LogP contribution in [0.3, 0.4) is 0 Å². The van der Waals surface area contributed by atoms with Crippen molar-refractivity contribution >= 4 is 5.82 Å². The molecule has 12 heavy (non-hydrogen) atoms. The standard InChI is InChI=1S/C7H10FN3O/c8-6-3-9-10-7(6)11-2-1-5(12)4-11/h3,5,12H,1-2,4H2,(H,9,10)/t5-/m1/s1. The van der Waals surface area contributed by atoms with Crippen molar-refractivity contribution in [3.63, 3.8) is 0 Å². The van der Waals surface area contributed by atoms with Crippen LogP contribution in [0.4, 0.5) is 10.2 Å².